The van der Waals surface area contributed by atoms with Crippen LogP contribution in [0.3, 0.4) is 0 Å². The van der Waals surface area contributed by atoms with Gasteiger partial charge in [0.05, 0.1) is 13.2 Å². The number of hydrogen-bond acceptors (Lipinski definition) is 6. The van der Waals surface area contributed by atoms with E-state index in [-0.39, 0.29) is 11.5 Å². The molecule has 3 rings (SSSR count). The molecule has 6 heteroatoms. The number of hydrogen-bond donors (Lipinski definition) is 0. The van der Waals surface area contributed by atoms with Gasteiger partial charge in [0.25, 0.3) is 0 Å². The normalized spacial score (nSPS) is 20.0. The summed E-state index contributed by atoms with van der Waals surface area (Å²) in [5, 5.41) is 0.947. The molecule has 3 heterocycles. The summed E-state index contributed by atoms with van der Waals surface area (Å²) in [6, 6.07) is 4.09. The van der Waals surface area contributed by atoms with Crippen molar-refractivity contribution in [2.45, 2.75) is 39.2 Å². The van der Waals surface area contributed by atoms with E-state index < -0.39 is 0 Å². The summed E-state index contributed by atoms with van der Waals surface area (Å²) in [6.45, 7) is 10.5. The molecule has 0 saturated carbocycles. The quantitative estimate of drug-likeness (QED) is 0.852. The SMILES string of the molecule is Cc1ccc(C2COCCN2c2nc(C(C)(C)C)ns2)o1. The lowest BCUT2D eigenvalue weighted by Crippen LogP contribution is -2.39. The number of aryl methyl sites for hydroxylation is 1. The predicted octanol–water partition coefficient (Wildman–Crippen LogP) is 3.31. The molecule has 1 fully saturated rings. The number of nitrogens with zero attached hydrogens (tertiary/aromatic N) is 3. The molecule has 5 nitrogen and oxygen atoms in total. The van der Waals surface area contributed by atoms with Crippen molar-refractivity contribution < 1.29 is 9.15 Å². The van der Waals surface area contributed by atoms with E-state index in [4.69, 9.17) is 14.1 Å². The third kappa shape index (κ3) is 2.96. The minimum atomic E-state index is -0.0300. The summed E-state index contributed by atoms with van der Waals surface area (Å²) >= 11 is 1.46. The fourth-order valence-corrected chi connectivity index (χ4v) is 3.27. The molecule has 0 spiro atoms. The minimum Gasteiger partial charge on any atom is -0.464 e. The van der Waals surface area contributed by atoms with Crippen molar-refractivity contribution in [3.05, 3.63) is 29.5 Å². The largest absolute Gasteiger partial charge is 0.464 e. The van der Waals surface area contributed by atoms with Crippen molar-refractivity contribution in [2.24, 2.45) is 0 Å². The lowest BCUT2D eigenvalue weighted by molar-refractivity contribution is 0.0874. The Balaban J connectivity index is 1.89. The maximum Gasteiger partial charge on any atom is 0.206 e. The Labute approximate surface area is 129 Å². The molecule has 2 aromatic heterocycles. The van der Waals surface area contributed by atoms with E-state index in [1.807, 2.05) is 19.1 Å². The Hall–Kier alpha value is -1.40. The fourth-order valence-electron chi connectivity index (χ4n) is 2.34. The van der Waals surface area contributed by atoms with Crippen molar-refractivity contribution in [3.8, 4) is 0 Å². The second-order valence-electron chi connectivity index (χ2n) is 6.38. The highest BCUT2D eigenvalue weighted by Gasteiger charge is 2.31. The van der Waals surface area contributed by atoms with E-state index in [0.717, 1.165) is 29.0 Å². The van der Waals surface area contributed by atoms with E-state index in [0.29, 0.717) is 13.2 Å². The van der Waals surface area contributed by atoms with Crippen LogP contribution in [0.15, 0.2) is 16.5 Å². The van der Waals surface area contributed by atoms with Gasteiger partial charge >= 0.3 is 0 Å². The summed E-state index contributed by atoms with van der Waals surface area (Å²) in [4.78, 5) is 6.97. The smallest absolute Gasteiger partial charge is 0.206 e. The van der Waals surface area contributed by atoms with Gasteiger partial charge in [0, 0.05) is 23.5 Å². The van der Waals surface area contributed by atoms with Gasteiger partial charge in [-0.05, 0) is 19.1 Å². The van der Waals surface area contributed by atoms with Crippen LogP contribution < -0.4 is 4.90 Å². The molecule has 0 aromatic carbocycles. The molecular weight excluding hydrogens is 286 g/mol. The van der Waals surface area contributed by atoms with Crippen LogP contribution in [-0.2, 0) is 10.2 Å². The molecule has 1 aliphatic rings. The van der Waals surface area contributed by atoms with Crippen molar-refractivity contribution in [1.29, 1.82) is 0 Å². The Morgan fingerprint density at radius 2 is 2.14 bits per heavy atom. The fraction of sp³-hybridized carbons (Fsp3) is 0.600. The zero-order valence-electron chi connectivity index (χ0n) is 12.9. The molecule has 0 aliphatic carbocycles. The average molecular weight is 307 g/mol. The van der Waals surface area contributed by atoms with E-state index in [1.165, 1.54) is 11.5 Å². The first kappa shape index (κ1) is 14.5. The third-order valence-electron chi connectivity index (χ3n) is 3.55. The van der Waals surface area contributed by atoms with E-state index >= 15 is 0 Å². The maximum absolute atomic E-state index is 5.78. The lowest BCUT2D eigenvalue weighted by atomic mass is 9.96. The van der Waals surface area contributed by atoms with E-state index in [9.17, 15) is 0 Å². The highest BCUT2D eigenvalue weighted by atomic mass is 32.1. The van der Waals surface area contributed by atoms with Crippen LogP contribution in [0.4, 0.5) is 5.13 Å². The predicted molar refractivity (Wildman–Crippen MR) is 83.0 cm³/mol. The third-order valence-corrected chi connectivity index (χ3v) is 4.30. The first-order valence-electron chi connectivity index (χ1n) is 7.20. The summed E-state index contributed by atoms with van der Waals surface area (Å²) in [6.07, 6.45) is 0. The summed E-state index contributed by atoms with van der Waals surface area (Å²) in [5.41, 5.74) is -0.0300. The van der Waals surface area contributed by atoms with Crippen LogP contribution in [-0.4, -0.2) is 29.1 Å². The molecular formula is C15H21N3O2S. The molecule has 0 amide bonds. The van der Waals surface area contributed by atoms with E-state index in [1.54, 1.807) is 0 Å². The standard InChI is InChI=1S/C15H21N3O2S/c1-10-5-6-12(20-10)11-9-19-8-7-18(11)14-16-13(17-21-14)15(2,3)4/h5-6,11H,7-9H2,1-4H3. The van der Waals surface area contributed by atoms with Crippen molar-refractivity contribution >= 4 is 16.7 Å². The number of morpholine rings is 1. The molecule has 1 saturated heterocycles. The number of anilines is 1. The topological polar surface area (TPSA) is 51.4 Å². The van der Waals surface area contributed by atoms with Crippen LogP contribution in [0.25, 0.3) is 0 Å². The van der Waals surface area contributed by atoms with E-state index in [2.05, 4.69) is 30.0 Å². The van der Waals surface area contributed by atoms with Gasteiger partial charge < -0.3 is 14.1 Å². The van der Waals surface area contributed by atoms with Crippen molar-refractivity contribution in [3.63, 3.8) is 0 Å². The zero-order chi connectivity index (χ0) is 15.0. The number of rotatable bonds is 2. The van der Waals surface area contributed by atoms with Gasteiger partial charge in [-0.15, -0.1) is 0 Å². The van der Waals surface area contributed by atoms with Gasteiger partial charge in [-0.2, -0.15) is 4.37 Å². The summed E-state index contributed by atoms with van der Waals surface area (Å²) in [5.74, 6) is 2.74. The van der Waals surface area contributed by atoms with Crippen LogP contribution in [0.5, 0.6) is 0 Å². The molecule has 1 aliphatic heterocycles. The monoisotopic (exact) mass is 307 g/mol. The highest BCUT2D eigenvalue weighted by Crippen LogP contribution is 2.33. The minimum absolute atomic E-state index is 0.0300. The van der Waals surface area contributed by atoms with Gasteiger partial charge in [-0.25, -0.2) is 4.98 Å². The lowest BCUT2D eigenvalue weighted by Gasteiger charge is -2.33. The number of ether oxygens (including phenoxy) is 1. The Bertz CT molecular complexity index is 614. The second kappa shape index (κ2) is 5.42. The first-order chi connectivity index (χ1) is 9.95. The molecule has 114 valence electrons. The van der Waals surface area contributed by atoms with Gasteiger partial charge in [-0.1, -0.05) is 20.8 Å². The summed E-state index contributed by atoms with van der Waals surface area (Å²) in [7, 11) is 0. The zero-order valence-corrected chi connectivity index (χ0v) is 13.7. The van der Waals surface area contributed by atoms with Crippen LogP contribution in [0.1, 0.15) is 44.2 Å². The molecule has 0 N–H and O–H groups in total. The van der Waals surface area contributed by atoms with Crippen molar-refractivity contribution in [1.82, 2.24) is 9.36 Å². The highest BCUT2D eigenvalue weighted by molar-refractivity contribution is 7.09. The van der Waals surface area contributed by atoms with Gasteiger partial charge in [0.2, 0.25) is 5.13 Å². The maximum atomic E-state index is 5.78. The van der Waals surface area contributed by atoms with Crippen LogP contribution in [0.2, 0.25) is 0 Å². The molecule has 1 atom stereocenters. The first-order valence-corrected chi connectivity index (χ1v) is 7.97. The summed E-state index contributed by atoms with van der Waals surface area (Å²) < 4.78 is 15.9. The molecule has 0 bridgehead atoms. The second-order valence-corrected chi connectivity index (χ2v) is 7.11. The number of furan rings is 1. The van der Waals surface area contributed by atoms with Crippen LogP contribution in [0, 0.1) is 6.92 Å². The molecule has 0 radical (unpaired) electrons. The molecule has 1 unspecified atom stereocenters. The Kier molecular flexibility index (Phi) is 3.75. The van der Waals surface area contributed by atoms with Gasteiger partial charge in [0.1, 0.15) is 23.4 Å². The Morgan fingerprint density at radius 1 is 1.33 bits per heavy atom. The van der Waals surface area contributed by atoms with Gasteiger partial charge in [-0.3, -0.25) is 0 Å². The van der Waals surface area contributed by atoms with Crippen molar-refractivity contribution in [2.75, 3.05) is 24.7 Å². The molecule has 2 aromatic rings. The average Bonchev–Trinajstić information content (AvgIpc) is 3.06. The number of aromatic nitrogens is 2. The Morgan fingerprint density at radius 3 is 2.76 bits per heavy atom. The molecule has 21 heavy (non-hydrogen) atoms. The van der Waals surface area contributed by atoms with Gasteiger partial charge in [0.15, 0.2) is 0 Å². The van der Waals surface area contributed by atoms with Crippen LogP contribution >= 0.6 is 11.5 Å².